The second-order valence-corrected chi connectivity index (χ2v) is 7.08. The summed E-state index contributed by atoms with van der Waals surface area (Å²) < 4.78 is 5.98. The Bertz CT molecular complexity index is 564. The van der Waals surface area contributed by atoms with E-state index in [0.29, 0.717) is 6.61 Å². The maximum atomic E-state index is 12.5. The lowest BCUT2D eigenvalue weighted by atomic mass is 10.1. The molecule has 2 fully saturated rings. The molecule has 0 spiro atoms. The van der Waals surface area contributed by atoms with Crippen molar-refractivity contribution in [3.8, 4) is 5.75 Å². The summed E-state index contributed by atoms with van der Waals surface area (Å²) in [5.74, 6) is 1.20. The van der Waals surface area contributed by atoms with Crippen LogP contribution in [-0.2, 0) is 4.79 Å². The van der Waals surface area contributed by atoms with Gasteiger partial charge in [-0.1, -0.05) is 12.1 Å². The van der Waals surface area contributed by atoms with E-state index in [1.54, 1.807) is 0 Å². The highest BCUT2D eigenvalue weighted by Gasteiger charge is 2.29. The Balaban J connectivity index is 1.56. The zero-order valence-corrected chi connectivity index (χ0v) is 15.4. The molecule has 0 radical (unpaired) electrons. The number of carbonyl (C=O) groups is 1. The molecule has 2 aliphatic heterocycles. The summed E-state index contributed by atoms with van der Waals surface area (Å²) in [6.45, 7) is 5.81. The van der Waals surface area contributed by atoms with Gasteiger partial charge in [0.05, 0.1) is 11.7 Å². The Kier molecular flexibility index (Phi) is 6.15. The molecular formula is C19H30N4O2. The maximum Gasteiger partial charge on any atom is 0.239 e. The normalized spacial score (nSPS) is 21.0. The van der Waals surface area contributed by atoms with Gasteiger partial charge in [-0.05, 0) is 45.6 Å². The number of anilines is 1. The maximum absolute atomic E-state index is 12.5. The van der Waals surface area contributed by atoms with Crippen LogP contribution in [0.2, 0.25) is 0 Å². The van der Waals surface area contributed by atoms with Gasteiger partial charge in [0, 0.05) is 32.7 Å². The molecule has 2 heterocycles. The molecule has 1 unspecified atom stereocenters. The topological polar surface area (TPSA) is 48.1 Å². The molecule has 25 heavy (non-hydrogen) atoms. The number of para-hydroxylation sites is 2. The number of piperazine rings is 1. The van der Waals surface area contributed by atoms with Gasteiger partial charge in [-0.2, -0.15) is 0 Å². The predicted octanol–water partition coefficient (Wildman–Crippen LogP) is 1.03. The lowest BCUT2D eigenvalue weighted by molar-refractivity contribution is -0.133. The molecule has 0 saturated carbocycles. The Morgan fingerprint density at radius 2 is 2.00 bits per heavy atom. The van der Waals surface area contributed by atoms with Crippen LogP contribution >= 0.6 is 0 Å². The molecule has 1 N–H and O–H groups in total. The molecule has 0 bridgehead atoms. The Morgan fingerprint density at radius 1 is 1.24 bits per heavy atom. The van der Waals surface area contributed by atoms with Gasteiger partial charge in [0.15, 0.2) is 0 Å². The average molecular weight is 346 g/mol. The van der Waals surface area contributed by atoms with Gasteiger partial charge in [-0.25, -0.2) is 0 Å². The monoisotopic (exact) mass is 346 g/mol. The molecule has 1 amide bonds. The third-order valence-corrected chi connectivity index (χ3v) is 4.95. The summed E-state index contributed by atoms with van der Waals surface area (Å²) in [6, 6.07) is 8.24. The first-order chi connectivity index (χ1) is 12.1. The molecule has 2 aliphatic rings. The first-order valence-corrected chi connectivity index (χ1v) is 9.29. The third-order valence-electron chi connectivity index (χ3n) is 4.95. The van der Waals surface area contributed by atoms with Crippen LogP contribution in [0.1, 0.15) is 12.8 Å². The number of rotatable bonds is 6. The smallest absolute Gasteiger partial charge is 0.239 e. The molecule has 1 aromatic rings. The van der Waals surface area contributed by atoms with Crippen LogP contribution in [0.25, 0.3) is 0 Å². The van der Waals surface area contributed by atoms with Crippen LogP contribution in [0.15, 0.2) is 24.3 Å². The van der Waals surface area contributed by atoms with Crippen molar-refractivity contribution < 1.29 is 9.53 Å². The van der Waals surface area contributed by atoms with Crippen LogP contribution in [0.5, 0.6) is 5.75 Å². The van der Waals surface area contributed by atoms with Crippen molar-refractivity contribution in [3.05, 3.63) is 24.3 Å². The quantitative estimate of drug-likeness (QED) is 0.834. The van der Waals surface area contributed by atoms with Gasteiger partial charge >= 0.3 is 0 Å². The molecule has 138 valence electrons. The van der Waals surface area contributed by atoms with Gasteiger partial charge in [0.2, 0.25) is 5.91 Å². The molecule has 6 nitrogen and oxygen atoms in total. The van der Waals surface area contributed by atoms with Crippen LogP contribution < -0.4 is 15.0 Å². The van der Waals surface area contributed by atoms with Gasteiger partial charge < -0.3 is 24.8 Å². The molecule has 1 aromatic carbocycles. The van der Waals surface area contributed by atoms with E-state index < -0.39 is 0 Å². The zero-order chi connectivity index (χ0) is 17.6. The van der Waals surface area contributed by atoms with E-state index in [4.69, 9.17) is 4.74 Å². The van der Waals surface area contributed by atoms with Crippen molar-refractivity contribution in [2.75, 3.05) is 64.9 Å². The highest BCUT2D eigenvalue weighted by Crippen LogP contribution is 2.29. The van der Waals surface area contributed by atoms with Crippen molar-refractivity contribution in [1.29, 1.82) is 0 Å². The summed E-state index contributed by atoms with van der Waals surface area (Å²) in [4.78, 5) is 19.0. The molecule has 6 heteroatoms. The van der Waals surface area contributed by atoms with E-state index in [0.717, 1.165) is 63.5 Å². The fraction of sp³-hybridized carbons (Fsp3) is 0.632. The largest absolute Gasteiger partial charge is 0.490 e. The fourth-order valence-electron chi connectivity index (χ4n) is 3.46. The minimum Gasteiger partial charge on any atom is -0.490 e. The molecule has 2 saturated heterocycles. The van der Waals surface area contributed by atoms with Crippen molar-refractivity contribution >= 4 is 11.6 Å². The molecule has 0 aromatic heterocycles. The Labute approximate surface area is 150 Å². The minimum absolute atomic E-state index is 0.0354. The van der Waals surface area contributed by atoms with Gasteiger partial charge in [-0.3, -0.25) is 4.79 Å². The number of hydrogen-bond donors (Lipinski definition) is 1. The second kappa shape index (κ2) is 8.54. The standard InChI is InChI=1S/C19H30N4O2/c1-21(2)14-15-25-18-8-4-3-7-17(18)22-10-12-23(13-11-22)19(24)16-6-5-9-20-16/h3-4,7-8,16,20H,5-6,9-15H2,1-2H3. The number of benzene rings is 1. The van der Waals surface area contributed by atoms with E-state index >= 15 is 0 Å². The van der Waals surface area contributed by atoms with E-state index in [9.17, 15) is 4.79 Å². The minimum atomic E-state index is 0.0354. The number of carbonyl (C=O) groups excluding carboxylic acids is 1. The van der Waals surface area contributed by atoms with Crippen LogP contribution in [0.4, 0.5) is 5.69 Å². The van der Waals surface area contributed by atoms with Crippen LogP contribution in [-0.4, -0.2) is 81.7 Å². The van der Waals surface area contributed by atoms with Crippen molar-refractivity contribution in [1.82, 2.24) is 15.1 Å². The fourth-order valence-corrected chi connectivity index (χ4v) is 3.46. The van der Waals surface area contributed by atoms with E-state index in [-0.39, 0.29) is 11.9 Å². The van der Waals surface area contributed by atoms with Crippen molar-refractivity contribution in [2.45, 2.75) is 18.9 Å². The van der Waals surface area contributed by atoms with Gasteiger partial charge in [-0.15, -0.1) is 0 Å². The lowest BCUT2D eigenvalue weighted by Crippen LogP contribution is -2.53. The summed E-state index contributed by atoms with van der Waals surface area (Å²) in [7, 11) is 4.09. The first-order valence-electron chi connectivity index (χ1n) is 9.29. The number of ether oxygens (including phenoxy) is 1. The van der Waals surface area contributed by atoms with Gasteiger partial charge in [0.1, 0.15) is 12.4 Å². The number of amides is 1. The third kappa shape index (κ3) is 4.64. The highest BCUT2D eigenvalue weighted by molar-refractivity contribution is 5.82. The number of nitrogens with one attached hydrogen (secondary N) is 1. The molecular weight excluding hydrogens is 316 g/mol. The van der Waals surface area contributed by atoms with Crippen LogP contribution in [0, 0.1) is 0 Å². The van der Waals surface area contributed by atoms with E-state index in [1.165, 1.54) is 0 Å². The average Bonchev–Trinajstić information content (AvgIpc) is 3.16. The number of nitrogens with zero attached hydrogens (tertiary/aromatic N) is 3. The number of likely N-dealkylation sites (N-methyl/N-ethyl adjacent to an activating group) is 1. The molecule has 3 rings (SSSR count). The second-order valence-electron chi connectivity index (χ2n) is 7.08. The summed E-state index contributed by atoms with van der Waals surface area (Å²) in [6.07, 6.45) is 2.08. The Hall–Kier alpha value is -1.79. The van der Waals surface area contributed by atoms with Gasteiger partial charge in [0.25, 0.3) is 0 Å². The zero-order valence-electron chi connectivity index (χ0n) is 15.4. The predicted molar refractivity (Wildman–Crippen MR) is 100 cm³/mol. The number of hydrogen-bond acceptors (Lipinski definition) is 5. The van der Waals surface area contributed by atoms with E-state index in [1.807, 2.05) is 37.2 Å². The van der Waals surface area contributed by atoms with Crippen molar-refractivity contribution in [3.63, 3.8) is 0 Å². The molecule has 0 aliphatic carbocycles. The van der Waals surface area contributed by atoms with Crippen LogP contribution in [0.3, 0.4) is 0 Å². The SMILES string of the molecule is CN(C)CCOc1ccccc1N1CCN(C(=O)C2CCCN2)CC1. The first kappa shape index (κ1) is 18.0. The lowest BCUT2D eigenvalue weighted by Gasteiger charge is -2.37. The summed E-state index contributed by atoms with van der Waals surface area (Å²) in [5.41, 5.74) is 1.13. The highest BCUT2D eigenvalue weighted by atomic mass is 16.5. The summed E-state index contributed by atoms with van der Waals surface area (Å²) >= 11 is 0. The van der Waals surface area contributed by atoms with E-state index in [2.05, 4.69) is 21.2 Å². The van der Waals surface area contributed by atoms with Crippen molar-refractivity contribution in [2.24, 2.45) is 0 Å². The molecule has 1 atom stereocenters. The summed E-state index contributed by atoms with van der Waals surface area (Å²) in [5, 5.41) is 3.31. The Morgan fingerprint density at radius 3 is 2.68 bits per heavy atom.